The SMILES string of the molecule is N#Cc1cnc2c(Br)[nH]nc2c1. The number of halogens is 1. The first-order valence-electron chi connectivity index (χ1n) is 3.21. The van der Waals surface area contributed by atoms with E-state index in [-0.39, 0.29) is 0 Å². The predicted octanol–water partition coefficient (Wildman–Crippen LogP) is 1.59. The van der Waals surface area contributed by atoms with E-state index in [9.17, 15) is 0 Å². The zero-order valence-electron chi connectivity index (χ0n) is 5.87. The summed E-state index contributed by atoms with van der Waals surface area (Å²) in [6.07, 6.45) is 1.52. The van der Waals surface area contributed by atoms with Crippen LogP contribution in [0.1, 0.15) is 5.56 Å². The molecule has 5 heteroatoms. The van der Waals surface area contributed by atoms with E-state index >= 15 is 0 Å². The van der Waals surface area contributed by atoms with E-state index in [1.54, 1.807) is 6.07 Å². The average Bonchev–Trinajstić information content (AvgIpc) is 2.47. The Bertz CT molecular complexity index is 468. The molecule has 0 atom stereocenters. The molecular formula is C7H3BrN4. The molecule has 0 saturated heterocycles. The highest BCUT2D eigenvalue weighted by Gasteiger charge is 2.03. The highest BCUT2D eigenvalue weighted by Crippen LogP contribution is 2.18. The first kappa shape index (κ1) is 7.25. The van der Waals surface area contributed by atoms with Crippen molar-refractivity contribution in [1.82, 2.24) is 15.2 Å². The summed E-state index contributed by atoms with van der Waals surface area (Å²) in [5.41, 5.74) is 1.96. The molecule has 2 heterocycles. The molecule has 2 aromatic heterocycles. The van der Waals surface area contributed by atoms with Crippen LogP contribution in [-0.4, -0.2) is 15.2 Å². The predicted molar refractivity (Wildman–Crippen MR) is 46.3 cm³/mol. The molecule has 0 aliphatic rings. The summed E-state index contributed by atoms with van der Waals surface area (Å²) in [7, 11) is 0. The van der Waals surface area contributed by atoms with Crippen molar-refractivity contribution < 1.29 is 0 Å². The zero-order valence-corrected chi connectivity index (χ0v) is 7.46. The topological polar surface area (TPSA) is 65.4 Å². The molecule has 4 nitrogen and oxygen atoms in total. The van der Waals surface area contributed by atoms with E-state index in [2.05, 4.69) is 31.1 Å². The van der Waals surface area contributed by atoms with Gasteiger partial charge in [-0.1, -0.05) is 0 Å². The standard InChI is InChI=1S/C7H3BrN4/c8-7-6-5(11-12-7)1-4(2-9)3-10-6/h1,3H,(H,11,12). The lowest BCUT2D eigenvalue weighted by Crippen LogP contribution is -1.78. The fourth-order valence-corrected chi connectivity index (χ4v) is 1.33. The molecule has 0 aliphatic heterocycles. The maximum Gasteiger partial charge on any atom is 0.127 e. The molecule has 0 aliphatic carbocycles. The second-order valence-corrected chi connectivity index (χ2v) is 3.03. The number of fused-ring (bicyclic) bond motifs is 1. The van der Waals surface area contributed by atoms with Crippen molar-refractivity contribution in [2.45, 2.75) is 0 Å². The number of rotatable bonds is 0. The van der Waals surface area contributed by atoms with Gasteiger partial charge in [0.1, 0.15) is 21.7 Å². The fraction of sp³-hybridized carbons (Fsp3) is 0. The minimum Gasteiger partial charge on any atom is -0.269 e. The Labute approximate surface area is 76.4 Å². The number of hydrogen-bond acceptors (Lipinski definition) is 3. The van der Waals surface area contributed by atoms with E-state index in [1.165, 1.54) is 6.20 Å². The van der Waals surface area contributed by atoms with Crippen molar-refractivity contribution in [1.29, 1.82) is 5.26 Å². The summed E-state index contributed by atoms with van der Waals surface area (Å²) >= 11 is 3.25. The quantitative estimate of drug-likeness (QED) is 0.737. The van der Waals surface area contributed by atoms with Crippen molar-refractivity contribution in [3.8, 4) is 6.07 Å². The van der Waals surface area contributed by atoms with Crippen LogP contribution in [-0.2, 0) is 0 Å². The van der Waals surface area contributed by atoms with Crippen LogP contribution in [0.2, 0.25) is 0 Å². The molecule has 0 bridgehead atoms. The molecule has 0 amide bonds. The van der Waals surface area contributed by atoms with E-state index in [0.717, 1.165) is 10.1 Å². The zero-order chi connectivity index (χ0) is 8.55. The third kappa shape index (κ3) is 0.970. The van der Waals surface area contributed by atoms with Gasteiger partial charge < -0.3 is 0 Å². The second kappa shape index (κ2) is 2.57. The number of H-pyrrole nitrogens is 1. The maximum atomic E-state index is 8.56. The minimum absolute atomic E-state index is 0.515. The Morgan fingerprint density at radius 3 is 3.17 bits per heavy atom. The average molecular weight is 223 g/mol. The molecular weight excluding hydrogens is 220 g/mol. The summed E-state index contributed by atoms with van der Waals surface area (Å²) in [4.78, 5) is 4.05. The van der Waals surface area contributed by atoms with Gasteiger partial charge in [0.25, 0.3) is 0 Å². The maximum absolute atomic E-state index is 8.56. The van der Waals surface area contributed by atoms with Crippen LogP contribution >= 0.6 is 15.9 Å². The van der Waals surface area contributed by atoms with Crippen LogP contribution in [0.15, 0.2) is 16.9 Å². The van der Waals surface area contributed by atoms with Gasteiger partial charge in [-0.15, -0.1) is 0 Å². The molecule has 2 rings (SSSR count). The number of nitriles is 1. The Morgan fingerprint density at radius 2 is 2.42 bits per heavy atom. The number of aromatic amines is 1. The van der Waals surface area contributed by atoms with Crippen molar-refractivity contribution in [3.63, 3.8) is 0 Å². The normalized spacial score (nSPS) is 10.0. The van der Waals surface area contributed by atoms with Crippen molar-refractivity contribution in [2.75, 3.05) is 0 Å². The van der Waals surface area contributed by atoms with Gasteiger partial charge in [-0.2, -0.15) is 10.4 Å². The smallest absolute Gasteiger partial charge is 0.127 e. The number of nitrogens with zero attached hydrogens (tertiary/aromatic N) is 3. The van der Waals surface area contributed by atoms with E-state index in [0.29, 0.717) is 11.1 Å². The van der Waals surface area contributed by atoms with E-state index in [4.69, 9.17) is 5.26 Å². The van der Waals surface area contributed by atoms with E-state index < -0.39 is 0 Å². The monoisotopic (exact) mass is 222 g/mol. The highest BCUT2D eigenvalue weighted by molar-refractivity contribution is 9.10. The molecule has 0 saturated carbocycles. The summed E-state index contributed by atoms with van der Waals surface area (Å²) in [5, 5.41) is 15.2. The van der Waals surface area contributed by atoms with Gasteiger partial charge in [0.2, 0.25) is 0 Å². The van der Waals surface area contributed by atoms with Crippen LogP contribution in [0.3, 0.4) is 0 Å². The molecule has 0 aromatic carbocycles. The summed E-state index contributed by atoms with van der Waals surface area (Å²) in [6.45, 7) is 0. The Kier molecular flexibility index (Phi) is 1.55. The van der Waals surface area contributed by atoms with Crippen molar-refractivity contribution >= 4 is 27.0 Å². The van der Waals surface area contributed by atoms with Gasteiger partial charge in [0.15, 0.2) is 0 Å². The van der Waals surface area contributed by atoms with Gasteiger partial charge >= 0.3 is 0 Å². The fourth-order valence-electron chi connectivity index (χ4n) is 0.931. The van der Waals surface area contributed by atoms with Crippen LogP contribution < -0.4 is 0 Å². The molecule has 2 aromatic rings. The van der Waals surface area contributed by atoms with Gasteiger partial charge in [0, 0.05) is 6.20 Å². The Morgan fingerprint density at radius 1 is 1.58 bits per heavy atom. The van der Waals surface area contributed by atoms with Gasteiger partial charge in [-0.3, -0.25) is 10.1 Å². The summed E-state index contributed by atoms with van der Waals surface area (Å²) < 4.78 is 0.738. The third-order valence-corrected chi connectivity index (χ3v) is 2.03. The van der Waals surface area contributed by atoms with Gasteiger partial charge in [-0.25, -0.2) is 0 Å². The van der Waals surface area contributed by atoms with Gasteiger partial charge in [-0.05, 0) is 22.0 Å². The summed E-state index contributed by atoms with van der Waals surface area (Å²) in [6, 6.07) is 3.68. The number of pyridine rings is 1. The lowest BCUT2D eigenvalue weighted by molar-refractivity contribution is 1.09. The largest absolute Gasteiger partial charge is 0.269 e. The van der Waals surface area contributed by atoms with Crippen LogP contribution in [0.25, 0.3) is 11.0 Å². The van der Waals surface area contributed by atoms with Gasteiger partial charge in [0.05, 0.1) is 5.56 Å². The lowest BCUT2D eigenvalue weighted by Gasteiger charge is -1.87. The number of aromatic nitrogens is 3. The molecule has 0 unspecified atom stereocenters. The Hall–Kier alpha value is -1.41. The van der Waals surface area contributed by atoms with Crippen molar-refractivity contribution in [2.24, 2.45) is 0 Å². The minimum atomic E-state index is 0.515. The van der Waals surface area contributed by atoms with Crippen molar-refractivity contribution in [3.05, 3.63) is 22.4 Å². The third-order valence-electron chi connectivity index (χ3n) is 1.48. The Balaban J connectivity index is 2.80. The molecule has 0 radical (unpaired) electrons. The molecule has 1 N–H and O–H groups in total. The molecule has 0 spiro atoms. The number of nitrogens with one attached hydrogen (secondary N) is 1. The second-order valence-electron chi connectivity index (χ2n) is 2.24. The molecule has 58 valence electrons. The molecule has 0 fully saturated rings. The van der Waals surface area contributed by atoms with Crippen LogP contribution in [0.4, 0.5) is 0 Å². The van der Waals surface area contributed by atoms with Crippen LogP contribution in [0, 0.1) is 11.3 Å². The lowest BCUT2D eigenvalue weighted by atomic mass is 10.3. The molecule has 12 heavy (non-hydrogen) atoms. The number of hydrogen-bond donors (Lipinski definition) is 1. The first-order valence-corrected chi connectivity index (χ1v) is 4.00. The summed E-state index contributed by atoms with van der Waals surface area (Å²) in [5.74, 6) is 0. The highest BCUT2D eigenvalue weighted by atomic mass is 79.9. The first-order chi connectivity index (χ1) is 5.81. The van der Waals surface area contributed by atoms with Crippen LogP contribution in [0.5, 0.6) is 0 Å². The van der Waals surface area contributed by atoms with E-state index in [1.807, 2.05) is 6.07 Å².